The zero-order chi connectivity index (χ0) is 14.5. The smallest absolute Gasteiger partial charge is 0.128 e. The van der Waals surface area contributed by atoms with Crippen LogP contribution in [-0.2, 0) is 4.74 Å². The highest BCUT2D eigenvalue weighted by Gasteiger charge is 2.29. The van der Waals surface area contributed by atoms with Crippen molar-refractivity contribution in [2.45, 2.75) is 32.4 Å². The van der Waals surface area contributed by atoms with Gasteiger partial charge in [-0.15, -0.1) is 0 Å². The van der Waals surface area contributed by atoms with Crippen molar-refractivity contribution in [2.75, 3.05) is 33.3 Å². The van der Waals surface area contributed by atoms with E-state index in [2.05, 4.69) is 17.1 Å². The Bertz CT molecular complexity index is 436. The highest BCUT2D eigenvalue weighted by Crippen LogP contribution is 2.25. The van der Waals surface area contributed by atoms with E-state index in [0.717, 1.165) is 38.2 Å². The number of benzene rings is 1. The van der Waals surface area contributed by atoms with Crippen molar-refractivity contribution in [3.8, 4) is 0 Å². The molecule has 0 saturated carbocycles. The third kappa shape index (κ3) is 3.57. The van der Waals surface area contributed by atoms with Crippen LogP contribution in [-0.4, -0.2) is 44.3 Å². The highest BCUT2D eigenvalue weighted by atomic mass is 19.1. The lowest BCUT2D eigenvalue weighted by atomic mass is 9.98. The first-order chi connectivity index (χ1) is 9.65. The zero-order valence-corrected chi connectivity index (χ0v) is 12.7. The second-order valence-corrected chi connectivity index (χ2v) is 5.50. The standard InChI is InChI=1S/C16H25FN2O/c1-4-7-19-8-9-20-15(11-19)16(18-3)13-10-12(2)5-6-14(13)17/h5-6,10,15-16,18H,4,7-9,11H2,1-3H3. The van der Waals surface area contributed by atoms with Crippen LogP contribution in [0.2, 0.25) is 0 Å². The summed E-state index contributed by atoms with van der Waals surface area (Å²) in [6, 6.07) is 5.16. The first kappa shape index (κ1) is 15.4. The average molecular weight is 280 g/mol. The molecule has 2 atom stereocenters. The van der Waals surface area contributed by atoms with Gasteiger partial charge >= 0.3 is 0 Å². The van der Waals surface area contributed by atoms with Crippen LogP contribution in [0.3, 0.4) is 0 Å². The van der Waals surface area contributed by atoms with Crippen molar-refractivity contribution in [1.29, 1.82) is 0 Å². The molecular formula is C16H25FN2O. The van der Waals surface area contributed by atoms with E-state index < -0.39 is 0 Å². The van der Waals surface area contributed by atoms with Gasteiger partial charge in [0.1, 0.15) is 5.82 Å². The quantitative estimate of drug-likeness (QED) is 0.897. The fourth-order valence-corrected chi connectivity index (χ4v) is 2.90. The SMILES string of the molecule is CCCN1CCOC(C(NC)c2cc(C)ccc2F)C1. The molecule has 1 N–H and O–H groups in total. The van der Waals surface area contributed by atoms with E-state index in [0.29, 0.717) is 5.56 Å². The van der Waals surface area contributed by atoms with Crippen LogP contribution in [0.4, 0.5) is 4.39 Å². The van der Waals surface area contributed by atoms with E-state index in [9.17, 15) is 4.39 Å². The van der Waals surface area contributed by atoms with Crippen molar-refractivity contribution in [3.63, 3.8) is 0 Å². The molecule has 0 spiro atoms. The van der Waals surface area contributed by atoms with E-state index in [4.69, 9.17) is 4.74 Å². The molecule has 2 unspecified atom stereocenters. The molecule has 112 valence electrons. The molecule has 1 heterocycles. The Morgan fingerprint density at radius 1 is 1.50 bits per heavy atom. The summed E-state index contributed by atoms with van der Waals surface area (Å²) in [5.74, 6) is -0.161. The molecule has 0 aliphatic carbocycles. The molecule has 0 amide bonds. The summed E-state index contributed by atoms with van der Waals surface area (Å²) in [5.41, 5.74) is 1.78. The lowest BCUT2D eigenvalue weighted by molar-refractivity contribution is -0.0464. The lowest BCUT2D eigenvalue weighted by Crippen LogP contribution is -2.48. The molecule has 0 radical (unpaired) electrons. The molecule has 3 nitrogen and oxygen atoms in total. The van der Waals surface area contributed by atoms with Gasteiger partial charge in [-0.05, 0) is 33.0 Å². The first-order valence-corrected chi connectivity index (χ1v) is 7.43. The number of hydrogen-bond acceptors (Lipinski definition) is 3. The van der Waals surface area contributed by atoms with Gasteiger partial charge in [0.15, 0.2) is 0 Å². The maximum atomic E-state index is 14.1. The third-order valence-corrected chi connectivity index (χ3v) is 3.89. The molecule has 20 heavy (non-hydrogen) atoms. The Hall–Kier alpha value is -0.970. The van der Waals surface area contributed by atoms with Crippen LogP contribution in [0.1, 0.15) is 30.5 Å². The maximum absolute atomic E-state index is 14.1. The number of likely N-dealkylation sites (N-methyl/N-ethyl adjacent to an activating group) is 1. The molecule has 0 aromatic heterocycles. The van der Waals surface area contributed by atoms with Gasteiger partial charge in [0, 0.05) is 18.7 Å². The Labute approximate surface area is 121 Å². The minimum Gasteiger partial charge on any atom is -0.374 e. The number of ether oxygens (including phenoxy) is 1. The second kappa shape index (κ2) is 7.16. The summed E-state index contributed by atoms with van der Waals surface area (Å²) in [7, 11) is 1.87. The van der Waals surface area contributed by atoms with Crippen molar-refractivity contribution in [2.24, 2.45) is 0 Å². The van der Waals surface area contributed by atoms with Gasteiger partial charge in [0.05, 0.1) is 18.8 Å². The minimum absolute atomic E-state index is 0.00315. The van der Waals surface area contributed by atoms with Crippen LogP contribution < -0.4 is 5.32 Å². The molecular weight excluding hydrogens is 255 g/mol. The summed E-state index contributed by atoms with van der Waals surface area (Å²) < 4.78 is 20.0. The van der Waals surface area contributed by atoms with Crippen LogP contribution in [0.5, 0.6) is 0 Å². The zero-order valence-electron chi connectivity index (χ0n) is 12.7. The number of nitrogens with zero attached hydrogens (tertiary/aromatic N) is 1. The minimum atomic E-state index is -0.161. The van der Waals surface area contributed by atoms with Crippen LogP contribution >= 0.6 is 0 Å². The van der Waals surface area contributed by atoms with Gasteiger partial charge in [-0.3, -0.25) is 4.90 Å². The molecule has 1 aromatic carbocycles. The predicted molar refractivity (Wildman–Crippen MR) is 79.4 cm³/mol. The number of nitrogens with one attached hydrogen (secondary N) is 1. The van der Waals surface area contributed by atoms with Gasteiger partial charge in [-0.1, -0.05) is 24.6 Å². The van der Waals surface area contributed by atoms with E-state index in [1.54, 1.807) is 12.1 Å². The summed E-state index contributed by atoms with van der Waals surface area (Å²) in [6.45, 7) is 7.79. The van der Waals surface area contributed by atoms with Gasteiger partial charge in [0.2, 0.25) is 0 Å². The van der Waals surface area contributed by atoms with Crippen molar-refractivity contribution < 1.29 is 9.13 Å². The Morgan fingerprint density at radius 2 is 2.30 bits per heavy atom. The fraction of sp³-hybridized carbons (Fsp3) is 0.625. The number of aryl methyl sites for hydroxylation is 1. The van der Waals surface area contributed by atoms with Gasteiger partial charge in [-0.2, -0.15) is 0 Å². The Balaban J connectivity index is 2.16. The summed E-state index contributed by atoms with van der Waals surface area (Å²) in [6.07, 6.45) is 1.13. The Morgan fingerprint density at radius 3 is 3.00 bits per heavy atom. The van der Waals surface area contributed by atoms with Crippen molar-refractivity contribution in [1.82, 2.24) is 10.2 Å². The van der Waals surface area contributed by atoms with E-state index in [-0.39, 0.29) is 18.0 Å². The summed E-state index contributed by atoms with van der Waals surface area (Å²) >= 11 is 0. The van der Waals surface area contributed by atoms with Crippen LogP contribution in [0, 0.1) is 12.7 Å². The molecule has 0 bridgehead atoms. The topological polar surface area (TPSA) is 24.5 Å². The second-order valence-electron chi connectivity index (χ2n) is 5.50. The lowest BCUT2D eigenvalue weighted by Gasteiger charge is -2.37. The summed E-state index contributed by atoms with van der Waals surface area (Å²) in [4.78, 5) is 2.40. The van der Waals surface area contributed by atoms with E-state index in [1.165, 1.54) is 0 Å². The number of halogens is 1. The van der Waals surface area contributed by atoms with Gasteiger partial charge in [0.25, 0.3) is 0 Å². The number of rotatable bonds is 5. The van der Waals surface area contributed by atoms with Crippen molar-refractivity contribution >= 4 is 0 Å². The number of hydrogen-bond donors (Lipinski definition) is 1. The molecule has 1 aliphatic heterocycles. The Kier molecular flexibility index (Phi) is 5.52. The maximum Gasteiger partial charge on any atom is 0.128 e. The third-order valence-electron chi connectivity index (χ3n) is 3.89. The predicted octanol–water partition coefficient (Wildman–Crippen LogP) is 2.51. The number of morpholine rings is 1. The average Bonchev–Trinajstić information content (AvgIpc) is 2.44. The fourth-order valence-electron chi connectivity index (χ4n) is 2.90. The van der Waals surface area contributed by atoms with E-state index in [1.807, 2.05) is 20.0 Å². The molecule has 2 rings (SSSR count). The normalized spacial score (nSPS) is 21.9. The molecule has 1 aromatic rings. The molecule has 1 aliphatic rings. The van der Waals surface area contributed by atoms with Crippen molar-refractivity contribution in [3.05, 3.63) is 35.1 Å². The molecule has 1 fully saturated rings. The monoisotopic (exact) mass is 280 g/mol. The largest absolute Gasteiger partial charge is 0.374 e. The highest BCUT2D eigenvalue weighted by molar-refractivity contribution is 5.28. The molecule has 1 saturated heterocycles. The van der Waals surface area contributed by atoms with Crippen LogP contribution in [0.15, 0.2) is 18.2 Å². The first-order valence-electron chi connectivity index (χ1n) is 7.43. The van der Waals surface area contributed by atoms with Gasteiger partial charge in [-0.25, -0.2) is 4.39 Å². The molecule has 4 heteroatoms. The van der Waals surface area contributed by atoms with Crippen LogP contribution in [0.25, 0.3) is 0 Å². The van der Waals surface area contributed by atoms with Gasteiger partial charge < -0.3 is 10.1 Å². The summed E-state index contributed by atoms with van der Waals surface area (Å²) in [5, 5.41) is 3.23. The van der Waals surface area contributed by atoms with E-state index >= 15 is 0 Å².